The summed E-state index contributed by atoms with van der Waals surface area (Å²) in [5, 5.41) is 4.43. The number of nitrogens with one attached hydrogen (secondary N) is 1. The van der Waals surface area contributed by atoms with Crippen molar-refractivity contribution >= 4 is 0 Å². The summed E-state index contributed by atoms with van der Waals surface area (Å²) in [5.41, 5.74) is 3.24. The van der Waals surface area contributed by atoms with Gasteiger partial charge in [-0.2, -0.15) is 18.3 Å². The van der Waals surface area contributed by atoms with Gasteiger partial charge in [0.15, 0.2) is 0 Å². The molecule has 3 heterocycles. The number of halogens is 4. The number of aromatic amines is 1. The van der Waals surface area contributed by atoms with Gasteiger partial charge in [0.25, 0.3) is 5.56 Å². The molecule has 0 fully saturated rings. The van der Waals surface area contributed by atoms with E-state index in [4.69, 9.17) is 0 Å². The van der Waals surface area contributed by atoms with Crippen LogP contribution < -0.4 is 5.56 Å². The summed E-state index contributed by atoms with van der Waals surface area (Å²) in [6.07, 6.45) is -2.12. The van der Waals surface area contributed by atoms with Crippen LogP contribution in [0, 0.1) is 12.7 Å². The minimum atomic E-state index is -4.42. The molecular weight excluding hydrogens is 462 g/mol. The molecule has 6 nitrogen and oxygen atoms in total. The molecule has 180 valence electrons. The highest BCUT2D eigenvalue weighted by molar-refractivity contribution is 5.56. The summed E-state index contributed by atoms with van der Waals surface area (Å²) < 4.78 is 53.5. The predicted molar refractivity (Wildman–Crippen MR) is 121 cm³/mol. The summed E-state index contributed by atoms with van der Waals surface area (Å²) in [4.78, 5) is 22.2. The van der Waals surface area contributed by atoms with Gasteiger partial charge in [0.05, 0.1) is 28.7 Å². The van der Waals surface area contributed by atoms with E-state index in [1.54, 1.807) is 23.0 Å². The van der Waals surface area contributed by atoms with Crippen LogP contribution in [0.5, 0.6) is 0 Å². The first kappa shape index (κ1) is 23.0. The Morgan fingerprint density at radius 3 is 2.46 bits per heavy atom. The molecule has 35 heavy (non-hydrogen) atoms. The summed E-state index contributed by atoms with van der Waals surface area (Å²) >= 11 is 0. The van der Waals surface area contributed by atoms with Crippen LogP contribution in [0.1, 0.15) is 28.1 Å². The van der Waals surface area contributed by atoms with Crippen molar-refractivity contribution in [3.63, 3.8) is 0 Å². The number of hydrogen-bond donors (Lipinski definition) is 1. The van der Waals surface area contributed by atoms with Gasteiger partial charge in [-0.1, -0.05) is 12.1 Å². The van der Waals surface area contributed by atoms with Crippen molar-refractivity contribution in [2.45, 2.75) is 32.6 Å². The molecule has 0 saturated carbocycles. The molecule has 2 aromatic heterocycles. The minimum Gasteiger partial charge on any atom is -0.306 e. The maximum absolute atomic E-state index is 13.2. The Labute approximate surface area is 197 Å². The predicted octanol–water partition coefficient (Wildman–Crippen LogP) is 4.65. The van der Waals surface area contributed by atoms with E-state index >= 15 is 0 Å². The highest BCUT2D eigenvalue weighted by Gasteiger charge is 2.30. The maximum Gasteiger partial charge on any atom is 0.416 e. The molecule has 1 N–H and O–H groups in total. The fraction of sp³-hybridized carbons (Fsp3) is 0.240. The highest BCUT2D eigenvalue weighted by Crippen LogP contribution is 2.30. The molecule has 1 aliphatic heterocycles. The van der Waals surface area contributed by atoms with E-state index in [0.29, 0.717) is 42.9 Å². The maximum atomic E-state index is 13.2. The van der Waals surface area contributed by atoms with Gasteiger partial charge in [-0.05, 0) is 43.3 Å². The van der Waals surface area contributed by atoms with E-state index in [0.717, 1.165) is 29.1 Å². The Morgan fingerprint density at radius 2 is 1.77 bits per heavy atom. The summed E-state index contributed by atoms with van der Waals surface area (Å²) in [7, 11) is 0. The van der Waals surface area contributed by atoms with Gasteiger partial charge >= 0.3 is 6.18 Å². The van der Waals surface area contributed by atoms with Crippen molar-refractivity contribution in [2.75, 3.05) is 6.54 Å². The topological polar surface area (TPSA) is 66.8 Å². The quantitative estimate of drug-likeness (QED) is 0.430. The van der Waals surface area contributed by atoms with Gasteiger partial charge in [0.2, 0.25) is 0 Å². The summed E-state index contributed by atoms with van der Waals surface area (Å²) in [5.74, 6) is -0.0570. The molecule has 10 heteroatoms. The number of nitrogens with zero attached hydrogens (tertiary/aromatic N) is 4. The molecule has 0 spiro atoms. The third-order valence-electron chi connectivity index (χ3n) is 6.21. The largest absolute Gasteiger partial charge is 0.416 e. The summed E-state index contributed by atoms with van der Waals surface area (Å²) in [6.45, 7) is 3.57. The Kier molecular flexibility index (Phi) is 5.76. The Morgan fingerprint density at radius 1 is 1.06 bits per heavy atom. The van der Waals surface area contributed by atoms with Crippen LogP contribution in [0.3, 0.4) is 0 Å². The highest BCUT2D eigenvalue weighted by atomic mass is 19.4. The summed E-state index contributed by atoms with van der Waals surface area (Å²) in [6, 6.07) is 10.7. The van der Waals surface area contributed by atoms with E-state index in [9.17, 15) is 22.4 Å². The molecule has 5 rings (SSSR count). The molecule has 0 atom stereocenters. The van der Waals surface area contributed by atoms with E-state index < -0.39 is 11.7 Å². The standard InChI is InChI=1S/C25H21F4N5O/c1-15-17(12-30-34(15)20-8-6-19(26)7-9-20)13-33-11-10-22-21(14-33)24(35)32-23(31-22)16-2-4-18(5-3-16)25(27,28)29/h2-9,12H,10-11,13-14H2,1H3,(H,31,32,35). The second-order valence-corrected chi connectivity index (χ2v) is 8.52. The normalized spacial score (nSPS) is 14.2. The van der Waals surface area contributed by atoms with Crippen LogP contribution in [0.25, 0.3) is 17.1 Å². The third kappa shape index (κ3) is 4.61. The SMILES string of the molecule is Cc1c(CN2CCc3nc(-c4ccc(C(F)(F)F)cc4)[nH]c(=O)c3C2)cnn1-c1ccc(F)cc1. The molecule has 0 radical (unpaired) electrons. The van der Waals surface area contributed by atoms with Gasteiger partial charge in [-0.3, -0.25) is 9.69 Å². The van der Waals surface area contributed by atoms with Crippen molar-refractivity contribution in [1.82, 2.24) is 24.6 Å². The number of fused-ring (bicyclic) bond motifs is 1. The van der Waals surface area contributed by atoms with E-state index in [1.807, 2.05) is 6.92 Å². The number of benzene rings is 2. The van der Waals surface area contributed by atoms with E-state index in [2.05, 4.69) is 20.0 Å². The molecule has 0 aliphatic carbocycles. The fourth-order valence-electron chi connectivity index (χ4n) is 4.25. The second kappa shape index (κ2) is 8.77. The monoisotopic (exact) mass is 483 g/mol. The molecule has 4 aromatic rings. The smallest absolute Gasteiger partial charge is 0.306 e. The van der Waals surface area contributed by atoms with Crippen LogP contribution in [-0.2, 0) is 25.7 Å². The third-order valence-corrected chi connectivity index (χ3v) is 6.21. The van der Waals surface area contributed by atoms with Gasteiger partial charge in [0.1, 0.15) is 11.6 Å². The zero-order chi connectivity index (χ0) is 24.7. The van der Waals surface area contributed by atoms with Crippen LogP contribution in [-0.4, -0.2) is 31.2 Å². The molecule has 0 unspecified atom stereocenters. The lowest BCUT2D eigenvalue weighted by Crippen LogP contribution is -2.35. The average molecular weight is 483 g/mol. The molecule has 1 aliphatic rings. The molecule has 0 bridgehead atoms. The fourth-order valence-corrected chi connectivity index (χ4v) is 4.25. The van der Waals surface area contributed by atoms with Crippen molar-refractivity contribution in [3.05, 3.63) is 99.0 Å². The zero-order valence-corrected chi connectivity index (χ0v) is 18.7. The number of alkyl halides is 3. The van der Waals surface area contributed by atoms with E-state index in [-0.39, 0.29) is 17.2 Å². The first-order valence-electron chi connectivity index (χ1n) is 11.0. The first-order valence-corrected chi connectivity index (χ1v) is 11.0. The van der Waals surface area contributed by atoms with Gasteiger partial charge in [-0.15, -0.1) is 0 Å². The number of rotatable bonds is 4. The van der Waals surface area contributed by atoms with Crippen molar-refractivity contribution in [2.24, 2.45) is 0 Å². The van der Waals surface area contributed by atoms with Crippen LogP contribution in [0.15, 0.2) is 59.5 Å². The zero-order valence-electron chi connectivity index (χ0n) is 18.7. The lowest BCUT2D eigenvalue weighted by Gasteiger charge is -2.27. The number of H-pyrrole nitrogens is 1. The van der Waals surface area contributed by atoms with Crippen LogP contribution >= 0.6 is 0 Å². The van der Waals surface area contributed by atoms with Crippen LogP contribution in [0.2, 0.25) is 0 Å². The average Bonchev–Trinajstić information content (AvgIpc) is 3.19. The second-order valence-electron chi connectivity index (χ2n) is 8.52. The molecule has 0 saturated heterocycles. The number of hydrogen-bond acceptors (Lipinski definition) is 4. The molecular formula is C25H21F4N5O. The van der Waals surface area contributed by atoms with Gasteiger partial charge < -0.3 is 4.98 Å². The molecule has 0 amide bonds. The van der Waals surface area contributed by atoms with Crippen molar-refractivity contribution in [3.8, 4) is 17.1 Å². The number of aromatic nitrogens is 4. The Bertz CT molecular complexity index is 1420. The minimum absolute atomic E-state index is 0.257. The Balaban J connectivity index is 1.34. The van der Waals surface area contributed by atoms with Gasteiger partial charge in [-0.25, -0.2) is 14.1 Å². The van der Waals surface area contributed by atoms with E-state index in [1.165, 1.54) is 24.3 Å². The lowest BCUT2D eigenvalue weighted by molar-refractivity contribution is -0.137. The van der Waals surface area contributed by atoms with Gasteiger partial charge in [0, 0.05) is 42.9 Å². The molecule has 2 aromatic carbocycles. The Hall–Kier alpha value is -3.79. The first-order chi connectivity index (χ1) is 16.7. The lowest BCUT2D eigenvalue weighted by atomic mass is 10.1. The van der Waals surface area contributed by atoms with Crippen molar-refractivity contribution < 1.29 is 17.6 Å². The van der Waals surface area contributed by atoms with Crippen molar-refractivity contribution in [1.29, 1.82) is 0 Å². The van der Waals surface area contributed by atoms with Crippen LogP contribution in [0.4, 0.5) is 17.6 Å².